The molecule has 0 radical (unpaired) electrons. The van der Waals surface area contributed by atoms with Crippen molar-refractivity contribution in [3.8, 4) is 0 Å². The molecule has 0 unspecified atom stereocenters. The number of fused-ring (bicyclic) bond motifs is 1. The molecule has 2 aromatic rings. The minimum absolute atomic E-state index is 0.701. The second-order valence-corrected chi connectivity index (χ2v) is 6.66. The molecular formula is C18H23N3. The van der Waals surface area contributed by atoms with Gasteiger partial charge in [0, 0.05) is 36.4 Å². The van der Waals surface area contributed by atoms with Gasteiger partial charge in [-0.15, -0.1) is 0 Å². The number of nitrogens with zero attached hydrogens (tertiary/aromatic N) is 2. The second kappa shape index (κ2) is 5.21. The van der Waals surface area contributed by atoms with Crippen molar-refractivity contribution in [2.75, 3.05) is 23.3 Å². The van der Waals surface area contributed by atoms with Crippen molar-refractivity contribution in [1.82, 2.24) is 4.98 Å². The Morgan fingerprint density at radius 2 is 1.90 bits per heavy atom. The van der Waals surface area contributed by atoms with Gasteiger partial charge in [0.15, 0.2) is 0 Å². The van der Waals surface area contributed by atoms with Crippen LogP contribution in [-0.4, -0.2) is 24.1 Å². The van der Waals surface area contributed by atoms with Gasteiger partial charge in [0.05, 0.1) is 0 Å². The molecule has 1 saturated heterocycles. The Morgan fingerprint density at radius 1 is 1.10 bits per heavy atom. The molecule has 1 saturated carbocycles. The summed E-state index contributed by atoms with van der Waals surface area (Å²) >= 11 is 0. The predicted molar refractivity (Wildman–Crippen MR) is 89.0 cm³/mol. The van der Waals surface area contributed by atoms with Crippen molar-refractivity contribution in [1.29, 1.82) is 0 Å². The van der Waals surface area contributed by atoms with Gasteiger partial charge in [-0.1, -0.05) is 6.92 Å². The van der Waals surface area contributed by atoms with Gasteiger partial charge in [-0.2, -0.15) is 0 Å². The zero-order valence-corrected chi connectivity index (χ0v) is 12.7. The fourth-order valence-electron chi connectivity index (χ4n) is 3.19. The van der Waals surface area contributed by atoms with E-state index in [0.29, 0.717) is 6.04 Å². The van der Waals surface area contributed by atoms with Crippen molar-refractivity contribution >= 4 is 22.3 Å². The van der Waals surface area contributed by atoms with E-state index in [2.05, 4.69) is 46.4 Å². The van der Waals surface area contributed by atoms with Crippen LogP contribution >= 0.6 is 0 Å². The number of hydrogen-bond donors (Lipinski definition) is 1. The van der Waals surface area contributed by atoms with Gasteiger partial charge in [0.2, 0.25) is 0 Å². The third kappa shape index (κ3) is 2.69. The summed E-state index contributed by atoms with van der Waals surface area (Å²) in [6.45, 7) is 4.62. The molecule has 2 aliphatic rings. The lowest BCUT2D eigenvalue weighted by atomic mass is 9.99. The van der Waals surface area contributed by atoms with E-state index in [-0.39, 0.29) is 0 Å². The molecule has 1 N–H and O–H groups in total. The van der Waals surface area contributed by atoms with E-state index in [0.717, 1.165) is 24.8 Å². The van der Waals surface area contributed by atoms with Crippen molar-refractivity contribution in [2.45, 2.75) is 38.6 Å². The van der Waals surface area contributed by atoms with Crippen molar-refractivity contribution in [3.05, 3.63) is 30.5 Å². The van der Waals surface area contributed by atoms with E-state index in [4.69, 9.17) is 0 Å². The summed E-state index contributed by atoms with van der Waals surface area (Å²) in [6, 6.07) is 9.54. The smallest absolute Gasteiger partial charge is 0.136 e. The quantitative estimate of drug-likeness (QED) is 0.920. The van der Waals surface area contributed by atoms with Gasteiger partial charge in [0.25, 0.3) is 0 Å². The van der Waals surface area contributed by atoms with Crippen LogP contribution in [-0.2, 0) is 0 Å². The summed E-state index contributed by atoms with van der Waals surface area (Å²) < 4.78 is 0. The largest absolute Gasteiger partial charge is 0.382 e. The molecule has 1 aliphatic carbocycles. The maximum absolute atomic E-state index is 4.66. The van der Waals surface area contributed by atoms with Gasteiger partial charge in [0.1, 0.15) is 5.82 Å². The number of pyridine rings is 1. The molecule has 1 aliphatic heterocycles. The van der Waals surface area contributed by atoms with Crippen LogP contribution in [0.1, 0.15) is 32.6 Å². The number of benzene rings is 1. The summed E-state index contributed by atoms with van der Waals surface area (Å²) in [7, 11) is 0. The van der Waals surface area contributed by atoms with E-state index in [1.54, 1.807) is 0 Å². The lowest BCUT2D eigenvalue weighted by molar-refractivity contribution is 0.437. The van der Waals surface area contributed by atoms with E-state index in [1.807, 2.05) is 6.20 Å². The minimum Gasteiger partial charge on any atom is -0.382 e. The number of piperidine rings is 1. The minimum atomic E-state index is 0.701. The predicted octanol–water partition coefficient (Wildman–Crippen LogP) is 4.05. The first-order valence-electron chi connectivity index (χ1n) is 8.20. The summed E-state index contributed by atoms with van der Waals surface area (Å²) in [4.78, 5) is 7.12. The molecule has 1 aromatic carbocycles. The topological polar surface area (TPSA) is 28.2 Å². The highest BCUT2D eigenvalue weighted by Crippen LogP contribution is 2.31. The van der Waals surface area contributed by atoms with Crippen molar-refractivity contribution in [3.63, 3.8) is 0 Å². The van der Waals surface area contributed by atoms with Gasteiger partial charge >= 0.3 is 0 Å². The van der Waals surface area contributed by atoms with Crippen LogP contribution in [0.4, 0.5) is 11.5 Å². The summed E-state index contributed by atoms with van der Waals surface area (Å²) in [6.07, 6.45) is 7.13. The van der Waals surface area contributed by atoms with Crippen molar-refractivity contribution in [2.24, 2.45) is 5.92 Å². The summed E-state index contributed by atoms with van der Waals surface area (Å²) in [5, 5.41) is 6.16. The second-order valence-electron chi connectivity index (χ2n) is 6.66. The third-order valence-electron chi connectivity index (χ3n) is 4.77. The molecule has 0 bridgehead atoms. The molecule has 4 rings (SSSR count). The molecular weight excluding hydrogens is 258 g/mol. The summed E-state index contributed by atoms with van der Waals surface area (Å²) in [5.74, 6) is 2.02. The maximum Gasteiger partial charge on any atom is 0.136 e. The molecule has 2 heterocycles. The molecule has 0 atom stereocenters. The number of aromatic nitrogens is 1. The standard InChI is InChI=1S/C18H23N3/c1-13-7-10-21(11-8-13)18-17-5-4-16(20-15-2-3-15)12-14(17)6-9-19-18/h4-6,9,12-13,15,20H,2-3,7-8,10-11H2,1H3. The molecule has 1 aromatic heterocycles. The van der Waals surface area contributed by atoms with E-state index in [9.17, 15) is 0 Å². The van der Waals surface area contributed by atoms with E-state index < -0.39 is 0 Å². The fourth-order valence-corrected chi connectivity index (χ4v) is 3.19. The third-order valence-corrected chi connectivity index (χ3v) is 4.77. The van der Waals surface area contributed by atoms with Crippen LogP contribution < -0.4 is 10.2 Å². The van der Waals surface area contributed by atoms with Crippen molar-refractivity contribution < 1.29 is 0 Å². The lowest BCUT2D eigenvalue weighted by Crippen LogP contribution is -2.33. The van der Waals surface area contributed by atoms with Crippen LogP contribution in [0, 0.1) is 5.92 Å². The lowest BCUT2D eigenvalue weighted by Gasteiger charge is -2.32. The normalized spacial score (nSPS) is 20.0. The average molecular weight is 281 g/mol. The van der Waals surface area contributed by atoms with Gasteiger partial charge in [-0.05, 0) is 61.3 Å². The van der Waals surface area contributed by atoms with Gasteiger partial charge in [-0.3, -0.25) is 0 Å². The van der Waals surface area contributed by atoms with Gasteiger partial charge in [-0.25, -0.2) is 4.98 Å². The Kier molecular flexibility index (Phi) is 3.21. The number of nitrogens with one attached hydrogen (secondary N) is 1. The van der Waals surface area contributed by atoms with Crippen LogP contribution in [0.3, 0.4) is 0 Å². The Bertz CT molecular complexity index is 640. The average Bonchev–Trinajstić information content (AvgIpc) is 3.31. The highest BCUT2D eigenvalue weighted by Gasteiger charge is 2.21. The molecule has 0 spiro atoms. The van der Waals surface area contributed by atoms with E-state index >= 15 is 0 Å². The molecule has 2 fully saturated rings. The monoisotopic (exact) mass is 281 g/mol. The highest BCUT2D eigenvalue weighted by atomic mass is 15.2. The molecule has 0 amide bonds. The Hall–Kier alpha value is -1.77. The zero-order valence-electron chi connectivity index (χ0n) is 12.7. The highest BCUT2D eigenvalue weighted by molar-refractivity contribution is 5.94. The molecule has 3 heteroatoms. The van der Waals surface area contributed by atoms with Crippen LogP contribution in [0.15, 0.2) is 30.5 Å². The first-order valence-corrected chi connectivity index (χ1v) is 8.20. The van der Waals surface area contributed by atoms with Crippen LogP contribution in [0.25, 0.3) is 10.8 Å². The SMILES string of the molecule is CC1CCN(c2nccc3cc(NC4CC4)ccc23)CC1. The van der Waals surface area contributed by atoms with E-state index in [1.165, 1.54) is 42.1 Å². The first-order chi connectivity index (χ1) is 10.3. The first kappa shape index (κ1) is 12.9. The van der Waals surface area contributed by atoms with Crippen LogP contribution in [0.2, 0.25) is 0 Å². The fraction of sp³-hybridized carbons (Fsp3) is 0.500. The number of hydrogen-bond acceptors (Lipinski definition) is 3. The molecule has 21 heavy (non-hydrogen) atoms. The summed E-state index contributed by atoms with van der Waals surface area (Å²) in [5.41, 5.74) is 1.24. The maximum atomic E-state index is 4.66. The molecule has 3 nitrogen and oxygen atoms in total. The number of anilines is 2. The molecule has 110 valence electrons. The Balaban J connectivity index is 1.65. The Labute approximate surface area is 126 Å². The Morgan fingerprint density at radius 3 is 2.67 bits per heavy atom. The zero-order chi connectivity index (χ0) is 14.2. The number of rotatable bonds is 3. The van der Waals surface area contributed by atoms with Gasteiger partial charge < -0.3 is 10.2 Å². The van der Waals surface area contributed by atoms with Crippen LogP contribution in [0.5, 0.6) is 0 Å².